The lowest BCUT2D eigenvalue weighted by Gasteiger charge is -2.43. The van der Waals surface area contributed by atoms with Crippen molar-refractivity contribution in [1.82, 2.24) is 19.8 Å². The Hall–Kier alpha value is -3.15. The van der Waals surface area contributed by atoms with Crippen molar-refractivity contribution in [2.75, 3.05) is 36.4 Å². The number of nitrogens with one attached hydrogen (secondary N) is 2. The second kappa shape index (κ2) is 7.47. The number of halogens is 1. The van der Waals surface area contributed by atoms with Crippen LogP contribution in [0.1, 0.15) is 29.8 Å². The van der Waals surface area contributed by atoms with E-state index in [0.29, 0.717) is 30.9 Å². The molecule has 3 aliphatic rings. The van der Waals surface area contributed by atoms with Gasteiger partial charge in [0, 0.05) is 44.5 Å². The minimum Gasteiger partial charge on any atom is -0.378 e. The summed E-state index contributed by atoms with van der Waals surface area (Å²) in [4.78, 5) is 4.99. The minimum atomic E-state index is -0.851. The average Bonchev–Trinajstić information content (AvgIpc) is 3.52. The van der Waals surface area contributed by atoms with Crippen molar-refractivity contribution in [1.29, 1.82) is 5.26 Å². The van der Waals surface area contributed by atoms with E-state index in [9.17, 15) is 9.65 Å². The summed E-state index contributed by atoms with van der Waals surface area (Å²) in [7, 11) is 0. The van der Waals surface area contributed by atoms with E-state index in [2.05, 4.69) is 56.7 Å². The number of benzene rings is 1. The van der Waals surface area contributed by atoms with E-state index in [1.165, 1.54) is 11.1 Å². The second-order valence-corrected chi connectivity index (χ2v) is 9.12. The Kier molecular flexibility index (Phi) is 4.56. The molecule has 2 aromatic heterocycles. The van der Waals surface area contributed by atoms with Gasteiger partial charge in [0.25, 0.3) is 0 Å². The molecule has 32 heavy (non-hydrogen) atoms. The van der Waals surface area contributed by atoms with Gasteiger partial charge >= 0.3 is 0 Å². The first kappa shape index (κ1) is 19.5. The Morgan fingerprint density at radius 3 is 2.91 bits per heavy atom. The van der Waals surface area contributed by atoms with Crippen LogP contribution in [-0.4, -0.2) is 58.9 Å². The monoisotopic (exact) mass is 431 g/mol. The van der Waals surface area contributed by atoms with Gasteiger partial charge in [-0.25, -0.2) is 8.91 Å². The first-order valence-corrected chi connectivity index (χ1v) is 11.2. The topological polar surface area (TPSA) is 71.6 Å². The summed E-state index contributed by atoms with van der Waals surface area (Å²) >= 11 is 0. The highest BCUT2D eigenvalue weighted by atomic mass is 19.1. The van der Waals surface area contributed by atoms with Crippen LogP contribution >= 0.6 is 0 Å². The fourth-order valence-electron chi connectivity index (χ4n) is 5.57. The van der Waals surface area contributed by atoms with Gasteiger partial charge in [0.05, 0.1) is 29.5 Å². The van der Waals surface area contributed by atoms with Gasteiger partial charge in [-0.1, -0.05) is 6.07 Å². The maximum atomic E-state index is 14.0. The van der Waals surface area contributed by atoms with Crippen molar-refractivity contribution in [3.63, 3.8) is 0 Å². The molecule has 8 heteroatoms. The molecule has 4 unspecified atom stereocenters. The third kappa shape index (κ3) is 3.04. The zero-order chi connectivity index (χ0) is 21.8. The van der Waals surface area contributed by atoms with E-state index in [1.807, 2.05) is 18.2 Å². The van der Waals surface area contributed by atoms with E-state index in [-0.39, 0.29) is 6.04 Å². The largest absolute Gasteiger partial charge is 0.378 e. The zero-order valence-corrected chi connectivity index (χ0v) is 18.0. The quantitative estimate of drug-likeness (QED) is 0.665. The average molecular weight is 432 g/mol. The molecule has 6 rings (SSSR count). The van der Waals surface area contributed by atoms with Gasteiger partial charge in [-0.2, -0.15) is 10.4 Å². The maximum absolute atomic E-state index is 14.0. The molecule has 5 heterocycles. The van der Waals surface area contributed by atoms with Crippen LogP contribution in [0.2, 0.25) is 0 Å². The molecule has 0 saturated carbocycles. The molecule has 0 aliphatic carbocycles. The van der Waals surface area contributed by atoms with Crippen LogP contribution in [0.15, 0.2) is 42.6 Å². The fraction of sp³-hybridized carbons (Fsp3) is 0.417. The molecule has 4 atom stereocenters. The Labute approximate surface area is 186 Å². The highest BCUT2D eigenvalue weighted by Gasteiger charge is 2.39. The lowest BCUT2D eigenvalue weighted by atomic mass is 10.0. The van der Waals surface area contributed by atoms with Crippen molar-refractivity contribution in [3.8, 4) is 6.07 Å². The molecular weight excluding hydrogens is 405 g/mol. The first-order chi connectivity index (χ1) is 15.6. The number of aromatic nitrogens is 2. The highest BCUT2D eigenvalue weighted by Crippen LogP contribution is 2.41. The van der Waals surface area contributed by atoms with Gasteiger partial charge in [0.15, 0.2) is 0 Å². The van der Waals surface area contributed by atoms with E-state index >= 15 is 0 Å². The Morgan fingerprint density at radius 1 is 1.19 bits per heavy atom. The molecule has 0 radical (unpaired) electrons. The number of hydrogen-bond donors (Lipinski definition) is 2. The SMILES string of the molecule is CC1CN(c2ccc(C#N)n3nccc23)CC2c3ccc(NC4CNCC4F)cc3CN12. The van der Waals surface area contributed by atoms with Gasteiger partial charge in [-0.3, -0.25) is 4.90 Å². The Balaban J connectivity index is 1.29. The van der Waals surface area contributed by atoms with Crippen molar-refractivity contribution in [2.45, 2.75) is 37.8 Å². The van der Waals surface area contributed by atoms with Crippen LogP contribution in [0.4, 0.5) is 15.8 Å². The standard InChI is InChI=1S/C24H26FN7/c1-15-12-30(22-5-3-18(9-26)32-23(22)6-7-28-32)14-24-19-4-2-17(8-16(19)13-31(15)24)29-21-11-27-10-20(21)25/h2-8,15,20-21,24,27,29H,10-14H2,1H3. The lowest BCUT2D eigenvalue weighted by Crippen LogP contribution is -2.51. The number of nitrogens with zero attached hydrogens (tertiary/aromatic N) is 5. The van der Waals surface area contributed by atoms with Crippen LogP contribution in [-0.2, 0) is 6.54 Å². The van der Waals surface area contributed by atoms with E-state index in [0.717, 1.165) is 36.5 Å². The molecule has 2 N–H and O–H groups in total. The van der Waals surface area contributed by atoms with Crippen LogP contribution in [0.5, 0.6) is 0 Å². The molecule has 3 aromatic rings. The van der Waals surface area contributed by atoms with Gasteiger partial charge in [-0.05, 0) is 48.4 Å². The molecular formula is C24H26FN7. The maximum Gasteiger partial charge on any atom is 0.142 e. The molecule has 0 spiro atoms. The summed E-state index contributed by atoms with van der Waals surface area (Å²) in [6.07, 6.45) is 0.900. The van der Waals surface area contributed by atoms with Gasteiger partial charge in [-0.15, -0.1) is 0 Å². The smallest absolute Gasteiger partial charge is 0.142 e. The van der Waals surface area contributed by atoms with Crippen LogP contribution < -0.4 is 15.5 Å². The molecule has 0 bridgehead atoms. The number of hydrogen-bond acceptors (Lipinski definition) is 6. The number of alkyl halides is 1. The first-order valence-electron chi connectivity index (χ1n) is 11.2. The van der Waals surface area contributed by atoms with Gasteiger partial charge in [0.1, 0.15) is 17.9 Å². The molecule has 3 aliphatic heterocycles. The van der Waals surface area contributed by atoms with Crippen molar-refractivity contribution in [3.05, 3.63) is 59.4 Å². The molecule has 7 nitrogen and oxygen atoms in total. The number of fused-ring (bicyclic) bond motifs is 4. The molecule has 164 valence electrons. The van der Waals surface area contributed by atoms with Gasteiger partial charge < -0.3 is 15.5 Å². The van der Waals surface area contributed by atoms with E-state index in [4.69, 9.17) is 0 Å². The van der Waals surface area contributed by atoms with Crippen molar-refractivity contribution in [2.24, 2.45) is 0 Å². The van der Waals surface area contributed by atoms with Crippen LogP contribution in [0.25, 0.3) is 5.52 Å². The number of nitriles is 1. The molecule has 2 saturated heterocycles. The normalized spacial score (nSPS) is 27.3. The Bertz CT molecular complexity index is 1210. The predicted octanol–water partition coefficient (Wildman–Crippen LogP) is 2.69. The lowest BCUT2D eigenvalue weighted by molar-refractivity contribution is 0.134. The third-order valence-electron chi connectivity index (χ3n) is 7.18. The highest BCUT2D eigenvalue weighted by molar-refractivity contribution is 5.74. The fourth-order valence-corrected chi connectivity index (χ4v) is 5.57. The number of pyridine rings is 1. The summed E-state index contributed by atoms with van der Waals surface area (Å²) < 4.78 is 15.7. The zero-order valence-electron chi connectivity index (χ0n) is 18.0. The number of rotatable bonds is 3. The van der Waals surface area contributed by atoms with Crippen molar-refractivity contribution >= 4 is 16.9 Å². The predicted molar refractivity (Wildman–Crippen MR) is 121 cm³/mol. The summed E-state index contributed by atoms with van der Waals surface area (Å²) in [6.45, 7) is 6.08. The molecule has 1 aromatic carbocycles. The summed E-state index contributed by atoms with van der Waals surface area (Å²) in [5, 5.41) is 20.2. The summed E-state index contributed by atoms with van der Waals surface area (Å²) in [6, 6.07) is 15.1. The minimum absolute atomic E-state index is 0.166. The molecule has 0 amide bonds. The van der Waals surface area contributed by atoms with Crippen LogP contribution in [0, 0.1) is 11.3 Å². The number of piperazine rings is 1. The summed E-state index contributed by atoms with van der Waals surface area (Å²) in [5.74, 6) is 0. The molecule has 2 fully saturated rings. The second-order valence-electron chi connectivity index (χ2n) is 9.12. The van der Waals surface area contributed by atoms with Gasteiger partial charge in [0.2, 0.25) is 0 Å². The summed E-state index contributed by atoms with van der Waals surface area (Å²) in [5.41, 5.74) is 6.30. The Morgan fingerprint density at radius 2 is 2.09 bits per heavy atom. The van der Waals surface area contributed by atoms with E-state index < -0.39 is 6.17 Å². The van der Waals surface area contributed by atoms with Crippen molar-refractivity contribution < 1.29 is 4.39 Å². The number of anilines is 2. The van der Waals surface area contributed by atoms with E-state index in [1.54, 1.807) is 10.7 Å². The van der Waals surface area contributed by atoms with Crippen LogP contribution in [0.3, 0.4) is 0 Å². The third-order valence-corrected chi connectivity index (χ3v) is 7.18.